The molecule has 0 heterocycles. The number of rotatable bonds is 51. The molecule has 0 N–H and O–H groups in total. The van der Waals surface area contributed by atoms with E-state index in [4.69, 9.17) is 14.2 Å². The normalized spacial score (nSPS) is 12.0. The van der Waals surface area contributed by atoms with Crippen LogP contribution in [0.2, 0.25) is 0 Å². The van der Waals surface area contributed by atoms with Crippen LogP contribution in [0.4, 0.5) is 0 Å². The Bertz CT molecular complexity index is 962. The van der Waals surface area contributed by atoms with Gasteiger partial charge in [0, 0.05) is 19.3 Å². The van der Waals surface area contributed by atoms with Crippen molar-refractivity contribution in [2.45, 2.75) is 316 Å². The van der Waals surface area contributed by atoms with Crippen LogP contribution in [-0.4, -0.2) is 37.2 Å². The summed E-state index contributed by atoms with van der Waals surface area (Å²) >= 11 is 0. The van der Waals surface area contributed by atoms with Gasteiger partial charge in [0.15, 0.2) is 6.10 Å². The Balaban J connectivity index is 4.29. The Kier molecular flexibility index (Phi) is 50.2. The van der Waals surface area contributed by atoms with Crippen molar-refractivity contribution in [3.63, 3.8) is 0 Å². The average Bonchev–Trinajstić information content (AvgIpc) is 3.27. The number of carbonyl (C=O) groups is 3. The lowest BCUT2D eigenvalue weighted by Crippen LogP contribution is -2.30. The minimum atomic E-state index is -0.765. The Labute approximate surface area is 386 Å². The van der Waals surface area contributed by atoms with Crippen molar-refractivity contribution in [3.05, 3.63) is 12.2 Å². The molecule has 1 atom stereocenters. The molecule has 0 rings (SSSR count). The van der Waals surface area contributed by atoms with Gasteiger partial charge in [0.2, 0.25) is 0 Å². The SMILES string of the molecule is CCCCCC/C=C\CCCCCCCCCC(=O)OC[C@H](COC(=O)CCCCCCCCCCCCCCCCCCC)OC(=O)CCCCCCCCCCCCCC. The second-order valence-electron chi connectivity index (χ2n) is 18.9. The summed E-state index contributed by atoms with van der Waals surface area (Å²) in [7, 11) is 0. The molecule has 366 valence electrons. The van der Waals surface area contributed by atoms with Crippen LogP contribution in [0.25, 0.3) is 0 Å². The predicted octanol–water partition coefficient (Wildman–Crippen LogP) is 18.2. The average molecular weight is 875 g/mol. The summed E-state index contributed by atoms with van der Waals surface area (Å²) < 4.78 is 16.8. The van der Waals surface area contributed by atoms with Crippen molar-refractivity contribution in [1.82, 2.24) is 0 Å². The lowest BCUT2D eigenvalue weighted by Gasteiger charge is -2.18. The van der Waals surface area contributed by atoms with Crippen molar-refractivity contribution in [2.75, 3.05) is 13.2 Å². The maximum atomic E-state index is 12.8. The molecule has 0 aliphatic carbocycles. The first-order chi connectivity index (χ1) is 30.5. The highest BCUT2D eigenvalue weighted by Gasteiger charge is 2.19. The smallest absolute Gasteiger partial charge is 0.306 e. The second kappa shape index (κ2) is 51.8. The van der Waals surface area contributed by atoms with Gasteiger partial charge < -0.3 is 14.2 Å². The van der Waals surface area contributed by atoms with E-state index in [-0.39, 0.29) is 31.1 Å². The Morgan fingerprint density at radius 3 is 0.823 bits per heavy atom. The van der Waals surface area contributed by atoms with Crippen LogP contribution < -0.4 is 0 Å². The Hall–Kier alpha value is -1.85. The zero-order valence-corrected chi connectivity index (χ0v) is 41.9. The fourth-order valence-corrected chi connectivity index (χ4v) is 8.32. The topological polar surface area (TPSA) is 78.9 Å². The molecule has 0 aromatic carbocycles. The summed E-state index contributed by atoms with van der Waals surface area (Å²) in [5.74, 6) is -0.849. The van der Waals surface area contributed by atoms with Crippen molar-refractivity contribution in [2.24, 2.45) is 0 Å². The molecule has 0 amide bonds. The van der Waals surface area contributed by atoms with E-state index in [1.54, 1.807) is 0 Å². The molecule has 0 aromatic rings. The van der Waals surface area contributed by atoms with Gasteiger partial charge in [0.05, 0.1) is 0 Å². The molecule has 0 bridgehead atoms. The van der Waals surface area contributed by atoms with Gasteiger partial charge in [0.1, 0.15) is 13.2 Å². The molecule has 0 aromatic heterocycles. The third-order valence-electron chi connectivity index (χ3n) is 12.5. The van der Waals surface area contributed by atoms with Gasteiger partial charge in [-0.25, -0.2) is 0 Å². The van der Waals surface area contributed by atoms with E-state index in [1.165, 1.54) is 212 Å². The fraction of sp³-hybridized carbons (Fsp3) is 0.911. The minimum Gasteiger partial charge on any atom is -0.462 e. The molecule has 6 nitrogen and oxygen atoms in total. The van der Waals surface area contributed by atoms with Gasteiger partial charge in [-0.15, -0.1) is 0 Å². The summed E-state index contributed by atoms with van der Waals surface area (Å²) in [6.07, 6.45) is 57.6. The third kappa shape index (κ3) is 49.2. The first-order valence-electron chi connectivity index (χ1n) is 27.7. The Morgan fingerprint density at radius 1 is 0.306 bits per heavy atom. The van der Waals surface area contributed by atoms with Crippen molar-refractivity contribution in [1.29, 1.82) is 0 Å². The fourth-order valence-electron chi connectivity index (χ4n) is 8.32. The van der Waals surface area contributed by atoms with Crippen LogP contribution in [0.3, 0.4) is 0 Å². The van der Waals surface area contributed by atoms with Gasteiger partial charge in [-0.2, -0.15) is 0 Å². The van der Waals surface area contributed by atoms with Crippen molar-refractivity contribution in [3.8, 4) is 0 Å². The molecule has 0 aliphatic rings. The number of carbonyl (C=O) groups excluding carboxylic acids is 3. The van der Waals surface area contributed by atoms with E-state index >= 15 is 0 Å². The standard InChI is InChI=1S/C56H106O6/c1-4-7-10-13-16-19-22-25-27-28-30-32-35-37-40-43-46-49-55(58)61-52-53(62-56(59)50-47-44-41-38-33-24-21-18-15-12-9-6-3)51-60-54(57)48-45-42-39-36-34-31-29-26-23-20-17-14-11-8-5-2/h20,23,53H,4-19,21-22,24-52H2,1-3H3/b23-20-/t53-/m1/s1. The van der Waals surface area contributed by atoms with Crippen LogP contribution in [0.15, 0.2) is 12.2 Å². The summed E-state index contributed by atoms with van der Waals surface area (Å²) in [6, 6.07) is 0. The van der Waals surface area contributed by atoms with E-state index in [0.29, 0.717) is 19.3 Å². The first-order valence-corrected chi connectivity index (χ1v) is 27.7. The lowest BCUT2D eigenvalue weighted by atomic mass is 10.0. The van der Waals surface area contributed by atoms with E-state index < -0.39 is 6.10 Å². The van der Waals surface area contributed by atoms with Gasteiger partial charge in [-0.3, -0.25) is 14.4 Å². The molecular formula is C56H106O6. The monoisotopic (exact) mass is 875 g/mol. The predicted molar refractivity (Wildman–Crippen MR) is 266 cm³/mol. The largest absolute Gasteiger partial charge is 0.462 e. The molecular weight excluding hydrogens is 769 g/mol. The molecule has 0 radical (unpaired) electrons. The molecule has 0 saturated heterocycles. The van der Waals surface area contributed by atoms with E-state index in [2.05, 4.69) is 32.9 Å². The number of hydrogen-bond acceptors (Lipinski definition) is 6. The molecule has 6 heteroatoms. The van der Waals surface area contributed by atoms with Crippen LogP contribution in [0.1, 0.15) is 310 Å². The quantitative estimate of drug-likeness (QED) is 0.0262. The molecule has 0 unspecified atom stereocenters. The zero-order chi connectivity index (χ0) is 45.1. The second-order valence-corrected chi connectivity index (χ2v) is 18.9. The molecule has 0 fully saturated rings. The molecule has 0 saturated carbocycles. The number of esters is 3. The number of hydrogen-bond donors (Lipinski definition) is 0. The highest BCUT2D eigenvalue weighted by atomic mass is 16.6. The van der Waals surface area contributed by atoms with Crippen LogP contribution in [0, 0.1) is 0 Å². The van der Waals surface area contributed by atoms with Gasteiger partial charge in [-0.05, 0) is 44.9 Å². The zero-order valence-electron chi connectivity index (χ0n) is 41.9. The van der Waals surface area contributed by atoms with Gasteiger partial charge in [0.25, 0.3) is 0 Å². The highest BCUT2D eigenvalue weighted by Crippen LogP contribution is 2.17. The van der Waals surface area contributed by atoms with Crippen LogP contribution in [-0.2, 0) is 28.6 Å². The summed E-state index contributed by atoms with van der Waals surface area (Å²) in [6.45, 7) is 6.67. The molecule has 62 heavy (non-hydrogen) atoms. The maximum absolute atomic E-state index is 12.8. The molecule has 0 aliphatic heterocycles. The summed E-state index contributed by atoms with van der Waals surface area (Å²) in [4.78, 5) is 38.0. The van der Waals surface area contributed by atoms with Crippen LogP contribution >= 0.6 is 0 Å². The lowest BCUT2D eigenvalue weighted by molar-refractivity contribution is -0.167. The van der Waals surface area contributed by atoms with Crippen molar-refractivity contribution < 1.29 is 28.6 Å². The molecule has 0 spiro atoms. The van der Waals surface area contributed by atoms with Crippen LogP contribution in [0.5, 0.6) is 0 Å². The van der Waals surface area contributed by atoms with Crippen molar-refractivity contribution >= 4 is 17.9 Å². The van der Waals surface area contributed by atoms with Gasteiger partial charge in [-0.1, -0.05) is 258 Å². The highest BCUT2D eigenvalue weighted by molar-refractivity contribution is 5.71. The van der Waals surface area contributed by atoms with E-state index in [0.717, 1.165) is 57.8 Å². The van der Waals surface area contributed by atoms with Gasteiger partial charge >= 0.3 is 17.9 Å². The Morgan fingerprint density at radius 2 is 0.532 bits per heavy atom. The van der Waals surface area contributed by atoms with E-state index in [9.17, 15) is 14.4 Å². The number of allylic oxidation sites excluding steroid dienone is 2. The number of ether oxygens (including phenoxy) is 3. The maximum Gasteiger partial charge on any atom is 0.306 e. The summed E-state index contributed by atoms with van der Waals surface area (Å²) in [5.41, 5.74) is 0. The third-order valence-corrected chi connectivity index (χ3v) is 12.5. The first kappa shape index (κ1) is 60.2. The summed E-state index contributed by atoms with van der Waals surface area (Å²) in [5, 5.41) is 0. The minimum absolute atomic E-state index is 0.0655. The van der Waals surface area contributed by atoms with E-state index in [1.807, 2.05) is 0 Å². The number of unbranched alkanes of at least 4 members (excludes halogenated alkanes) is 38.